The van der Waals surface area contributed by atoms with Crippen molar-refractivity contribution in [2.24, 2.45) is 22.8 Å². The van der Waals surface area contributed by atoms with Crippen LogP contribution in [0.15, 0.2) is 12.1 Å². The molecule has 1 atom stereocenters. The minimum Gasteiger partial charge on any atom is -0.366 e. The fraction of sp³-hybridized carbons (Fsp3) is 0.529. The van der Waals surface area contributed by atoms with E-state index in [1.54, 1.807) is 12.1 Å². The van der Waals surface area contributed by atoms with E-state index in [1.807, 2.05) is 0 Å². The summed E-state index contributed by atoms with van der Waals surface area (Å²) in [4.78, 5) is 23.4. The number of rotatable bonds is 2. The summed E-state index contributed by atoms with van der Waals surface area (Å²) in [7, 11) is 0. The number of benzene rings is 1. The first-order chi connectivity index (χ1) is 9.71. The Morgan fingerprint density at radius 2 is 1.62 bits per heavy atom. The van der Waals surface area contributed by atoms with Gasteiger partial charge in [-0.05, 0) is 60.3 Å². The average molecular weight is 288 g/mol. The predicted octanol–water partition coefficient (Wildman–Crippen LogP) is 2.43. The zero-order chi connectivity index (χ0) is 15.8. The van der Waals surface area contributed by atoms with Gasteiger partial charge in [-0.1, -0.05) is 20.8 Å². The summed E-state index contributed by atoms with van der Waals surface area (Å²) in [5.74, 6) is -0.300. The number of hydrogen-bond acceptors (Lipinski definition) is 2. The van der Waals surface area contributed by atoms with Crippen molar-refractivity contribution >= 4 is 11.8 Å². The standard InChI is InChI=1S/C17H24N2O2/c1-10-4-5-11-12(15(18)20)6-7-13(16(19)21)14(11)9-17(2,3)8-10/h6-7,10H,4-5,8-9H2,1-3H3,(H2,18,20)(H2,19,21). The first-order valence-corrected chi connectivity index (χ1v) is 7.45. The molecule has 0 saturated heterocycles. The predicted molar refractivity (Wildman–Crippen MR) is 83.1 cm³/mol. The normalized spacial score (nSPS) is 21.0. The molecule has 2 amide bonds. The van der Waals surface area contributed by atoms with Crippen molar-refractivity contribution in [1.82, 2.24) is 0 Å². The van der Waals surface area contributed by atoms with E-state index < -0.39 is 11.8 Å². The number of carbonyl (C=O) groups excluding carboxylic acids is 2. The summed E-state index contributed by atoms with van der Waals surface area (Å²) in [5, 5.41) is 0. The quantitative estimate of drug-likeness (QED) is 0.875. The highest BCUT2D eigenvalue weighted by Crippen LogP contribution is 2.37. The number of fused-ring (bicyclic) bond motifs is 1. The first-order valence-electron chi connectivity index (χ1n) is 7.45. The van der Waals surface area contributed by atoms with Gasteiger partial charge in [0.1, 0.15) is 0 Å². The van der Waals surface area contributed by atoms with Crippen LogP contribution in [0.3, 0.4) is 0 Å². The summed E-state index contributed by atoms with van der Waals surface area (Å²) in [5.41, 5.74) is 14.0. The lowest BCUT2D eigenvalue weighted by atomic mass is 9.72. The van der Waals surface area contributed by atoms with Crippen LogP contribution >= 0.6 is 0 Å². The molecule has 0 heterocycles. The van der Waals surface area contributed by atoms with Gasteiger partial charge in [0.2, 0.25) is 11.8 Å². The van der Waals surface area contributed by atoms with Crippen LogP contribution < -0.4 is 11.5 Å². The molecule has 4 nitrogen and oxygen atoms in total. The van der Waals surface area contributed by atoms with E-state index in [0.717, 1.165) is 36.8 Å². The maximum atomic E-state index is 11.7. The zero-order valence-electron chi connectivity index (χ0n) is 13.0. The summed E-state index contributed by atoms with van der Waals surface area (Å²) in [6, 6.07) is 3.28. The molecule has 0 fully saturated rings. The second-order valence-electron chi connectivity index (χ2n) is 7.04. The number of nitrogens with two attached hydrogens (primary N) is 2. The first kappa shape index (κ1) is 15.5. The highest BCUT2D eigenvalue weighted by atomic mass is 16.1. The van der Waals surface area contributed by atoms with Crippen molar-refractivity contribution in [3.63, 3.8) is 0 Å². The number of primary amides is 2. The van der Waals surface area contributed by atoms with Crippen LogP contribution in [0.1, 0.15) is 65.5 Å². The molecule has 1 aromatic rings. The van der Waals surface area contributed by atoms with Crippen molar-refractivity contribution < 1.29 is 9.59 Å². The van der Waals surface area contributed by atoms with Gasteiger partial charge < -0.3 is 11.5 Å². The molecular weight excluding hydrogens is 264 g/mol. The Hall–Kier alpha value is -1.84. The Kier molecular flexibility index (Phi) is 4.08. The molecule has 1 aromatic carbocycles. The van der Waals surface area contributed by atoms with Gasteiger partial charge in [0, 0.05) is 11.1 Å². The second-order valence-corrected chi connectivity index (χ2v) is 7.04. The molecule has 4 N–H and O–H groups in total. The third kappa shape index (κ3) is 3.26. The highest BCUT2D eigenvalue weighted by molar-refractivity contribution is 5.99. The van der Waals surface area contributed by atoms with Gasteiger partial charge in [-0.2, -0.15) is 0 Å². The van der Waals surface area contributed by atoms with E-state index in [2.05, 4.69) is 20.8 Å². The van der Waals surface area contributed by atoms with E-state index in [0.29, 0.717) is 17.0 Å². The summed E-state index contributed by atoms with van der Waals surface area (Å²) < 4.78 is 0. The van der Waals surface area contributed by atoms with E-state index in [1.165, 1.54) is 0 Å². The molecule has 0 saturated carbocycles. The third-order valence-corrected chi connectivity index (χ3v) is 4.41. The lowest BCUT2D eigenvalue weighted by molar-refractivity contribution is 0.0985. The smallest absolute Gasteiger partial charge is 0.248 e. The molecule has 0 spiro atoms. The van der Waals surface area contributed by atoms with Crippen LogP contribution in [0.2, 0.25) is 0 Å². The number of hydrogen-bond donors (Lipinski definition) is 2. The van der Waals surface area contributed by atoms with Crippen LogP contribution in [-0.2, 0) is 12.8 Å². The molecule has 1 aliphatic carbocycles. The van der Waals surface area contributed by atoms with Crippen molar-refractivity contribution in [3.8, 4) is 0 Å². The number of amides is 2. The lowest BCUT2D eigenvalue weighted by Crippen LogP contribution is -2.27. The van der Waals surface area contributed by atoms with E-state index in [9.17, 15) is 9.59 Å². The minimum atomic E-state index is -0.438. The fourth-order valence-corrected chi connectivity index (χ4v) is 3.63. The zero-order valence-corrected chi connectivity index (χ0v) is 13.0. The molecule has 0 aliphatic heterocycles. The monoisotopic (exact) mass is 288 g/mol. The van der Waals surface area contributed by atoms with Crippen LogP contribution in [0.4, 0.5) is 0 Å². The Balaban J connectivity index is 2.66. The van der Waals surface area contributed by atoms with Gasteiger partial charge >= 0.3 is 0 Å². The van der Waals surface area contributed by atoms with Gasteiger partial charge in [-0.3, -0.25) is 9.59 Å². The molecule has 0 bridgehead atoms. The van der Waals surface area contributed by atoms with E-state index >= 15 is 0 Å². The van der Waals surface area contributed by atoms with Gasteiger partial charge in [0.25, 0.3) is 0 Å². The second kappa shape index (κ2) is 5.51. The van der Waals surface area contributed by atoms with Crippen molar-refractivity contribution in [1.29, 1.82) is 0 Å². The highest BCUT2D eigenvalue weighted by Gasteiger charge is 2.29. The molecule has 114 valence electrons. The van der Waals surface area contributed by atoms with Gasteiger partial charge in [0.05, 0.1) is 0 Å². The van der Waals surface area contributed by atoms with Gasteiger partial charge in [-0.15, -0.1) is 0 Å². The van der Waals surface area contributed by atoms with Crippen molar-refractivity contribution in [2.45, 2.75) is 46.5 Å². The summed E-state index contributed by atoms with van der Waals surface area (Å²) in [6.45, 7) is 6.62. The Bertz CT molecular complexity index is 591. The van der Waals surface area contributed by atoms with Crippen molar-refractivity contribution in [2.75, 3.05) is 0 Å². The third-order valence-electron chi connectivity index (χ3n) is 4.41. The molecule has 0 radical (unpaired) electrons. The SMILES string of the molecule is CC1CCc2c(C(N)=O)ccc(C(N)=O)c2CC(C)(C)C1. The minimum absolute atomic E-state index is 0.0645. The molecule has 0 aromatic heterocycles. The summed E-state index contributed by atoms with van der Waals surface area (Å²) >= 11 is 0. The van der Waals surface area contributed by atoms with Crippen LogP contribution in [-0.4, -0.2) is 11.8 Å². The summed E-state index contributed by atoms with van der Waals surface area (Å²) in [6.07, 6.45) is 3.59. The molecular formula is C17H24N2O2. The molecule has 1 unspecified atom stereocenters. The van der Waals surface area contributed by atoms with E-state index in [-0.39, 0.29) is 5.41 Å². The van der Waals surface area contributed by atoms with E-state index in [4.69, 9.17) is 11.5 Å². The number of carbonyl (C=O) groups is 2. The van der Waals surface area contributed by atoms with Crippen LogP contribution in [0.5, 0.6) is 0 Å². The fourth-order valence-electron chi connectivity index (χ4n) is 3.63. The molecule has 1 aliphatic rings. The Morgan fingerprint density at radius 1 is 1.10 bits per heavy atom. The average Bonchev–Trinajstić information content (AvgIpc) is 2.33. The largest absolute Gasteiger partial charge is 0.366 e. The van der Waals surface area contributed by atoms with Crippen molar-refractivity contribution in [3.05, 3.63) is 34.4 Å². The van der Waals surface area contributed by atoms with Crippen LogP contribution in [0.25, 0.3) is 0 Å². The molecule has 2 rings (SSSR count). The van der Waals surface area contributed by atoms with Gasteiger partial charge in [-0.25, -0.2) is 0 Å². The maximum Gasteiger partial charge on any atom is 0.248 e. The molecule has 21 heavy (non-hydrogen) atoms. The van der Waals surface area contributed by atoms with Gasteiger partial charge in [0.15, 0.2) is 0 Å². The topological polar surface area (TPSA) is 86.2 Å². The van der Waals surface area contributed by atoms with Crippen LogP contribution in [0, 0.1) is 11.3 Å². The maximum absolute atomic E-state index is 11.7. The Labute approximate surface area is 125 Å². The lowest BCUT2D eigenvalue weighted by Gasteiger charge is -2.33. The molecule has 4 heteroatoms. The Morgan fingerprint density at radius 3 is 2.14 bits per heavy atom.